The summed E-state index contributed by atoms with van der Waals surface area (Å²) in [6.45, 7) is 5.09. The van der Waals surface area contributed by atoms with Crippen LogP contribution in [0.25, 0.3) is 11.1 Å². The van der Waals surface area contributed by atoms with Crippen LogP contribution in [0.4, 0.5) is 4.79 Å². The number of hydrogen-bond acceptors (Lipinski definition) is 5. The van der Waals surface area contributed by atoms with Crippen molar-refractivity contribution in [2.45, 2.75) is 51.4 Å². The quantitative estimate of drug-likeness (QED) is 0.695. The zero-order valence-electron chi connectivity index (χ0n) is 17.2. The van der Waals surface area contributed by atoms with Crippen LogP contribution in [0.2, 0.25) is 0 Å². The zero-order chi connectivity index (χ0) is 21.9. The van der Waals surface area contributed by atoms with E-state index in [1.807, 2.05) is 48.5 Å². The summed E-state index contributed by atoms with van der Waals surface area (Å²) in [6.07, 6.45) is -1.82. The molecule has 2 aromatic carbocycles. The predicted octanol–water partition coefficient (Wildman–Crippen LogP) is 4.06. The molecule has 158 valence electrons. The highest BCUT2D eigenvalue weighted by Crippen LogP contribution is 2.45. The van der Waals surface area contributed by atoms with Crippen molar-refractivity contribution in [1.29, 1.82) is 0 Å². The number of carboxylic acid groups (broad SMARTS) is 1. The Kier molecular flexibility index (Phi) is 6.10. The highest BCUT2D eigenvalue weighted by molar-refractivity contribution is 5.83. The number of amides is 1. The van der Waals surface area contributed by atoms with E-state index in [4.69, 9.17) is 14.6 Å². The number of nitrogens with one attached hydrogen (secondary N) is 1. The van der Waals surface area contributed by atoms with Crippen LogP contribution in [0.5, 0.6) is 0 Å². The second kappa shape index (κ2) is 8.57. The molecular weight excluding hydrogens is 386 g/mol. The second-order valence-corrected chi connectivity index (χ2v) is 8.12. The molecule has 0 spiro atoms. The molecule has 0 fully saturated rings. The van der Waals surface area contributed by atoms with E-state index in [-0.39, 0.29) is 12.8 Å². The first kappa shape index (κ1) is 21.4. The number of carbonyl (C=O) groups excluding carboxylic acids is 2. The summed E-state index contributed by atoms with van der Waals surface area (Å²) in [4.78, 5) is 36.1. The van der Waals surface area contributed by atoms with Gasteiger partial charge in [-0.2, -0.15) is 0 Å². The number of aliphatic carboxylic acids is 1. The molecule has 0 radical (unpaired) electrons. The van der Waals surface area contributed by atoms with Gasteiger partial charge in [0.15, 0.2) is 6.10 Å². The minimum atomic E-state index is -1.13. The number of ether oxygens (including phenoxy) is 2. The van der Waals surface area contributed by atoms with E-state index in [9.17, 15) is 14.4 Å². The van der Waals surface area contributed by atoms with Gasteiger partial charge >= 0.3 is 18.0 Å². The van der Waals surface area contributed by atoms with E-state index in [0.717, 1.165) is 22.3 Å². The summed E-state index contributed by atoms with van der Waals surface area (Å²) in [5.41, 5.74) is 2.91. The van der Waals surface area contributed by atoms with E-state index in [1.54, 1.807) is 20.8 Å². The molecule has 1 aliphatic rings. The highest BCUT2D eigenvalue weighted by atomic mass is 16.6. The van der Waals surface area contributed by atoms with Gasteiger partial charge in [-0.3, -0.25) is 4.79 Å². The first-order valence-corrected chi connectivity index (χ1v) is 9.76. The van der Waals surface area contributed by atoms with Crippen LogP contribution < -0.4 is 5.32 Å². The van der Waals surface area contributed by atoms with E-state index in [0.29, 0.717) is 0 Å². The molecule has 0 aromatic heterocycles. The van der Waals surface area contributed by atoms with E-state index >= 15 is 0 Å². The molecule has 2 N–H and O–H groups in total. The lowest BCUT2D eigenvalue weighted by molar-refractivity contribution is -0.157. The van der Waals surface area contributed by atoms with Gasteiger partial charge in [-0.05, 0) is 38.3 Å². The topological polar surface area (TPSA) is 102 Å². The van der Waals surface area contributed by atoms with Crippen LogP contribution >= 0.6 is 0 Å². The number of alkyl carbamates (subject to hydrolysis) is 1. The number of benzene rings is 2. The lowest BCUT2D eigenvalue weighted by atomic mass is 10.1. The third-order valence-electron chi connectivity index (χ3n) is 4.63. The number of esters is 1. The molecule has 0 aliphatic heterocycles. The second-order valence-electron chi connectivity index (χ2n) is 8.12. The molecule has 0 saturated carbocycles. The van der Waals surface area contributed by atoms with Gasteiger partial charge in [0, 0.05) is 17.5 Å². The summed E-state index contributed by atoms with van der Waals surface area (Å²) in [5, 5.41) is 11.4. The van der Waals surface area contributed by atoms with Gasteiger partial charge in [-0.25, -0.2) is 9.59 Å². The minimum absolute atomic E-state index is 0.100. The van der Waals surface area contributed by atoms with Crippen molar-refractivity contribution < 1.29 is 29.0 Å². The van der Waals surface area contributed by atoms with Crippen molar-refractivity contribution in [2.75, 3.05) is 0 Å². The maximum Gasteiger partial charge on any atom is 0.408 e. The third-order valence-corrected chi connectivity index (χ3v) is 4.63. The Labute approximate surface area is 175 Å². The van der Waals surface area contributed by atoms with Gasteiger partial charge in [-0.15, -0.1) is 0 Å². The molecule has 3 rings (SSSR count). The largest absolute Gasteiger partial charge is 0.481 e. The summed E-state index contributed by atoms with van der Waals surface area (Å²) < 4.78 is 11.0. The monoisotopic (exact) mass is 411 g/mol. The molecular formula is C23H25NO6. The fraction of sp³-hybridized carbons (Fsp3) is 0.348. The maximum atomic E-state index is 12.7. The molecule has 7 heteroatoms. The Morgan fingerprint density at radius 2 is 1.53 bits per heavy atom. The normalized spacial score (nSPS) is 13.7. The van der Waals surface area contributed by atoms with E-state index in [1.165, 1.54) is 0 Å². The Hall–Kier alpha value is -3.35. The van der Waals surface area contributed by atoms with Crippen molar-refractivity contribution in [2.24, 2.45) is 0 Å². The van der Waals surface area contributed by atoms with Gasteiger partial charge in [0.05, 0.1) is 0 Å². The Morgan fingerprint density at radius 3 is 2.03 bits per heavy atom. The summed E-state index contributed by atoms with van der Waals surface area (Å²) in [5.74, 6) is -1.77. The molecule has 7 nitrogen and oxygen atoms in total. The molecule has 0 heterocycles. The van der Waals surface area contributed by atoms with Crippen molar-refractivity contribution in [3.63, 3.8) is 0 Å². The third kappa shape index (κ3) is 4.97. The van der Waals surface area contributed by atoms with Crippen LogP contribution in [0.3, 0.4) is 0 Å². The van der Waals surface area contributed by atoms with Crippen molar-refractivity contribution in [1.82, 2.24) is 5.32 Å². The van der Waals surface area contributed by atoms with Crippen molar-refractivity contribution in [3.05, 3.63) is 59.7 Å². The van der Waals surface area contributed by atoms with Crippen molar-refractivity contribution >= 4 is 18.0 Å². The van der Waals surface area contributed by atoms with E-state index < -0.39 is 35.8 Å². The summed E-state index contributed by atoms with van der Waals surface area (Å²) in [6, 6.07) is 14.2. The molecule has 1 aliphatic carbocycles. The first-order valence-electron chi connectivity index (χ1n) is 9.76. The Morgan fingerprint density at radius 1 is 1.00 bits per heavy atom. The fourth-order valence-electron chi connectivity index (χ4n) is 3.41. The molecule has 0 saturated heterocycles. The molecule has 0 bridgehead atoms. The molecule has 0 unspecified atom stereocenters. The molecule has 1 amide bonds. The van der Waals surface area contributed by atoms with Crippen LogP contribution in [0, 0.1) is 0 Å². The lowest BCUT2D eigenvalue weighted by Gasteiger charge is -2.25. The Bertz CT molecular complexity index is 917. The minimum Gasteiger partial charge on any atom is -0.481 e. The summed E-state index contributed by atoms with van der Waals surface area (Å²) >= 11 is 0. The maximum absolute atomic E-state index is 12.7. The first-order chi connectivity index (χ1) is 14.2. The highest BCUT2D eigenvalue weighted by Gasteiger charge is 2.33. The van der Waals surface area contributed by atoms with Gasteiger partial charge in [0.25, 0.3) is 0 Å². The fourth-order valence-corrected chi connectivity index (χ4v) is 3.41. The SMILES string of the molecule is CC(C)(C)OC(=O)[C@H](CCC(=O)O)NC(=O)OC1c2ccccc2-c2ccccc21. The van der Waals surface area contributed by atoms with Crippen molar-refractivity contribution in [3.8, 4) is 11.1 Å². The molecule has 1 atom stereocenters. The number of carboxylic acids is 1. The molecule has 30 heavy (non-hydrogen) atoms. The average Bonchev–Trinajstić information content (AvgIpc) is 2.98. The van der Waals surface area contributed by atoms with Gasteiger partial charge in [0.1, 0.15) is 11.6 Å². The number of rotatable bonds is 6. The predicted molar refractivity (Wildman–Crippen MR) is 110 cm³/mol. The number of hydrogen-bond donors (Lipinski definition) is 2. The summed E-state index contributed by atoms with van der Waals surface area (Å²) in [7, 11) is 0. The van der Waals surface area contributed by atoms with E-state index in [2.05, 4.69) is 5.32 Å². The smallest absolute Gasteiger partial charge is 0.408 e. The molecule has 2 aromatic rings. The number of fused-ring (bicyclic) bond motifs is 3. The lowest BCUT2D eigenvalue weighted by Crippen LogP contribution is -2.44. The number of carbonyl (C=O) groups is 3. The van der Waals surface area contributed by atoms with Crippen LogP contribution in [0.1, 0.15) is 50.8 Å². The van der Waals surface area contributed by atoms with Crippen LogP contribution in [-0.2, 0) is 19.1 Å². The Balaban J connectivity index is 1.76. The standard InChI is InChI=1S/C23H25NO6/c1-23(2,3)30-21(27)18(12-13-19(25)26)24-22(28)29-20-16-10-6-4-8-14(16)15-9-5-7-11-17(15)20/h4-11,18,20H,12-13H2,1-3H3,(H,24,28)(H,25,26)/t18-/m0/s1. The van der Waals surface area contributed by atoms with Gasteiger partial charge in [0.2, 0.25) is 0 Å². The average molecular weight is 411 g/mol. The van der Waals surface area contributed by atoms with Crippen LogP contribution in [-0.4, -0.2) is 34.8 Å². The van der Waals surface area contributed by atoms with Crippen LogP contribution in [0.15, 0.2) is 48.5 Å². The van der Waals surface area contributed by atoms with Gasteiger partial charge < -0.3 is 19.9 Å². The zero-order valence-corrected chi connectivity index (χ0v) is 17.2. The van der Waals surface area contributed by atoms with Gasteiger partial charge in [-0.1, -0.05) is 48.5 Å².